The molecule has 244 valence electrons. The number of amidine groups is 1. The number of anilines is 3. The summed E-state index contributed by atoms with van der Waals surface area (Å²) in [4.78, 5) is 17.5. The fourth-order valence-electron chi connectivity index (χ4n) is 5.59. The summed E-state index contributed by atoms with van der Waals surface area (Å²) in [6.07, 6.45) is -0.622. The first kappa shape index (κ1) is 32.8. The first-order valence-electron chi connectivity index (χ1n) is 15.1. The molecule has 9 nitrogen and oxygen atoms in total. The maximum Gasteiger partial charge on any atom is 0.376 e. The van der Waals surface area contributed by atoms with Crippen molar-refractivity contribution in [2.75, 3.05) is 54.8 Å². The van der Waals surface area contributed by atoms with Gasteiger partial charge in [0, 0.05) is 39.9 Å². The topological polar surface area (TPSA) is 76.1 Å². The van der Waals surface area contributed by atoms with Crippen LogP contribution in [0.5, 0.6) is 11.5 Å². The first-order chi connectivity index (χ1) is 22.9. The first-order valence-corrected chi connectivity index (χ1v) is 16.3. The minimum Gasteiger partial charge on any atom is -0.493 e. The van der Waals surface area contributed by atoms with Crippen molar-refractivity contribution >= 4 is 63.7 Å². The summed E-state index contributed by atoms with van der Waals surface area (Å²) in [6.45, 7) is 4.82. The average molecular weight is 696 g/mol. The number of nitrogens with zero attached hydrogens (tertiary/aromatic N) is 4. The third-order valence-corrected chi connectivity index (χ3v) is 8.88. The van der Waals surface area contributed by atoms with Crippen LogP contribution in [-0.2, 0) is 20.9 Å². The van der Waals surface area contributed by atoms with Gasteiger partial charge in [0.15, 0.2) is 17.7 Å². The van der Waals surface area contributed by atoms with Crippen molar-refractivity contribution < 1.29 is 23.7 Å². The molecule has 6 rings (SSSR count). The summed E-state index contributed by atoms with van der Waals surface area (Å²) >= 11 is 19.7. The van der Waals surface area contributed by atoms with Gasteiger partial charge in [-0.25, -0.2) is 9.80 Å². The number of ether oxygens (including phenoxy) is 4. The van der Waals surface area contributed by atoms with E-state index in [0.717, 1.165) is 30.0 Å². The second-order valence-corrected chi connectivity index (χ2v) is 11.9. The molecule has 1 saturated heterocycles. The summed E-state index contributed by atoms with van der Waals surface area (Å²) in [6, 6.07) is 26.3. The minimum absolute atomic E-state index is 0.114. The second-order valence-electron chi connectivity index (χ2n) is 10.7. The number of hydrazone groups is 1. The van der Waals surface area contributed by atoms with Gasteiger partial charge in [0.2, 0.25) is 5.84 Å². The number of carbonyl (C=O) groups is 1. The van der Waals surface area contributed by atoms with E-state index >= 15 is 0 Å². The standard InChI is InChI=1S/C35H33Cl3N4O5/c1-3-46-35(43)33-39-42(24-8-5-4-6-9-24)34(41(33)25-13-14-30(29(38)21-25)40-16-18-45-19-17-40)23-12-15-31(32(20-23)44-2)47-22-26-27(36)10-7-11-28(26)37/h4-15,20-21,34H,3,16-19,22H2,1-2H3/t34-/m0/s1. The van der Waals surface area contributed by atoms with Crippen molar-refractivity contribution in [3.05, 3.63) is 111 Å². The molecule has 4 aromatic carbocycles. The molecule has 0 amide bonds. The van der Waals surface area contributed by atoms with Gasteiger partial charge in [-0.2, -0.15) is 0 Å². The van der Waals surface area contributed by atoms with E-state index < -0.39 is 12.1 Å². The van der Waals surface area contributed by atoms with E-state index in [1.54, 1.807) is 37.2 Å². The van der Waals surface area contributed by atoms with Crippen LogP contribution in [0.3, 0.4) is 0 Å². The molecule has 12 heteroatoms. The lowest BCUT2D eigenvalue weighted by Gasteiger charge is -2.33. The zero-order valence-electron chi connectivity index (χ0n) is 25.9. The average Bonchev–Trinajstić information content (AvgIpc) is 3.50. The summed E-state index contributed by atoms with van der Waals surface area (Å²) in [7, 11) is 1.57. The Labute approximate surface area is 288 Å². The Bertz CT molecular complexity index is 1750. The predicted molar refractivity (Wildman–Crippen MR) is 186 cm³/mol. The molecule has 0 radical (unpaired) electrons. The van der Waals surface area contributed by atoms with Gasteiger partial charge in [0.25, 0.3) is 0 Å². The normalized spacial score (nSPS) is 16.2. The van der Waals surface area contributed by atoms with E-state index in [-0.39, 0.29) is 19.0 Å². The van der Waals surface area contributed by atoms with Crippen molar-refractivity contribution in [1.29, 1.82) is 0 Å². The molecule has 47 heavy (non-hydrogen) atoms. The fraction of sp³-hybridized carbons (Fsp3) is 0.257. The molecular weight excluding hydrogens is 663 g/mol. The number of methoxy groups -OCH3 is 1. The van der Waals surface area contributed by atoms with Crippen LogP contribution in [0.4, 0.5) is 17.1 Å². The Morgan fingerprint density at radius 1 is 0.872 bits per heavy atom. The third kappa shape index (κ3) is 6.94. The van der Waals surface area contributed by atoms with Crippen LogP contribution in [0.1, 0.15) is 24.2 Å². The summed E-state index contributed by atoms with van der Waals surface area (Å²) < 4.78 is 23.0. The molecule has 0 N–H and O–H groups in total. The van der Waals surface area contributed by atoms with Crippen LogP contribution in [0.15, 0.2) is 90.0 Å². The molecule has 0 aromatic heterocycles. The number of rotatable bonds is 10. The van der Waals surface area contributed by atoms with E-state index in [0.29, 0.717) is 51.0 Å². The van der Waals surface area contributed by atoms with E-state index in [9.17, 15) is 4.79 Å². The Morgan fingerprint density at radius 2 is 1.62 bits per heavy atom. The number of esters is 1. The molecule has 0 aliphatic carbocycles. The number of hydrogen-bond donors (Lipinski definition) is 0. The highest BCUT2D eigenvalue weighted by Crippen LogP contribution is 2.43. The smallest absolute Gasteiger partial charge is 0.376 e. The molecule has 2 aliphatic rings. The SMILES string of the molecule is CCOC(=O)C1=NN(c2ccccc2)[C@@H](c2ccc(OCc3c(Cl)cccc3Cl)c(OC)c2)N1c1ccc(N2CCOCC2)c(Cl)c1. The van der Waals surface area contributed by atoms with Crippen molar-refractivity contribution in [3.63, 3.8) is 0 Å². The third-order valence-electron chi connectivity index (χ3n) is 7.87. The van der Waals surface area contributed by atoms with Gasteiger partial charge >= 0.3 is 5.97 Å². The van der Waals surface area contributed by atoms with Crippen molar-refractivity contribution in [2.24, 2.45) is 5.10 Å². The maximum atomic E-state index is 13.5. The summed E-state index contributed by atoms with van der Waals surface area (Å²) in [5.41, 5.74) is 3.76. The zero-order chi connectivity index (χ0) is 32.9. The van der Waals surface area contributed by atoms with E-state index in [4.69, 9.17) is 58.9 Å². The Hall–Kier alpha value is -4.15. The van der Waals surface area contributed by atoms with Crippen LogP contribution >= 0.6 is 34.8 Å². The van der Waals surface area contributed by atoms with Gasteiger partial charge in [-0.15, -0.1) is 5.10 Å². The van der Waals surface area contributed by atoms with Crippen molar-refractivity contribution in [1.82, 2.24) is 0 Å². The number of benzene rings is 4. The van der Waals surface area contributed by atoms with Gasteiger partial charge in [0.05, 0.1) is 43.3 Å². The minimum atomic E-state index is -0.622. The maximum absolute atomic E-state index is 13.5. The van der Waals surface area contributed by atoms with Crippen LogP contribution < -0.4 is 24.3 Å². The number of carbonyl (C=O) groups excluding carboxylic acids is 1. The highest BCUT2D eigenvalue weighted by molar-refractivity contribution is 6.42. The Balaban J connectivity index is 1.42. The fourth-order valence-corrected chi connectivity index (χ4v) is 6.39. The highest BCUT2D eigenvalue weighted by Gasteiger charge is 2.42. The molecule has 1 fully saturated rings. The molecule has 4 aromatic rings. The summed E-state index contributed by atoms with van der Waals surface area (Å²) in [5, 5.41) is 8.19. The number of hydrogen-bond acceptors (Lipinski definition) is 9. The molecule has 2 heterocycles. The highest BCUT2D eigenvalue weighted by atomic mass is 35.5. The van der Waals surface area contributed by atoms with Gasteiger partial charge in [-0.05, 0) is 61.5 Å². The molecule has 0 bridgehead atoms. The quantitative estimate of drug-likeness (QED) is 0.155. The van der Waals surface area contributed by atoms with Crippen molar-refractivity contribution in [2.45, 2.75) is 19.7 Å². The van der Waals surface area contributed by atoms with E-state index in [1.165, 1.54) is 0 Å². The van der Waals surface area contributed by atoms with Crippen molar-refractivity contribution in [3.8, 4) is 11.5 Å². The molecule has 1 atom stereocenters. The largest absolute Gasteiger partial charge is 0.493 e. The summed E-state index contributed by atoms with van der Waals surface area (Å²) in [5.74, 6) is 0.521. The molecular formula is C35H33Cl3N4O5. The lowest BCUT2D eigenvalue weighted by Crippen LogP contribution is -2.39. The van der Waals surface area contributed by atoms with Gasteiger partial charge in [0.1, 0.15) is 6.61 Å². The predicted octanol–water partition coefficient (Wildman–Crippen LogP) is 7.97. The molecule has 0 spiro atoms. The second kappa shape index (κ2) is 14.7. The molecule has 2 aliphatic heterocycles. The number of halogens is 3. The van der Waals surface area contributed by atoms with Gasteiger partial charge in [-0.1, -0.05) is 65.1 Å². The van der Waals surface area contributed by atoms with Gasteiger partial charge in [-0.3, -0.25) is 4.90 Å². The van der Waals surface area contributed by atoms with Crippen LogP contribution in [-0.4, -0.2) is 51.8 Å². The Morgan fingerprint density at radius 3 is 2.30 bits per heavy atom. The zero-order valence-corrected chi connectivity index (χ0v) is 28.1. The Kier molecular flexibility index (Phi) is 10.3. The van der Waals surface area contributed by atoms with E-state index in [1.807, 2.05) is 71.6 Å². The molecule has 0 saturated carbocycles. The number of morpholine rings is 1. The monoisotopic (exact) mass is 694 g/mol. The number of para-hydroxylation sites is 1. The van der Waals surface area contributed by atoms with Crippen LogP contribution in [0.2, 0.25) is 15.1 Å². The lowest BCUT2D eigenvalue weighted by atomic mass is 10.1. The van der Waals surface area contributed by atoms with E-state index in [2.05, 4.69) is 4.90 Å². The lowest BCUT2D eigenvalue weighted by molar-refractivity contribution is -0.135. The van der Waals surface area contributed by atoms with Gasteiger partial charge < -0.3 is 23.8 Å². The molecule has 0 unspecified atom stereocenters. The van der Waals surface area contributed by atoms with Crippen LogP contribution in [0.25, 0.3) is 0 Å². The van der Waals surface area contributed by atoms with Crippen LogP contribution in [0, 0.1) is 0 Å².